The smallest absolute Gasteiger partial charge is 0.178 e. The van der Waals surface area contributed by atoms with Crippen molar-refractivity contribution in [2.75, 3.05) is 5.88 Å². The lowest BCUT2D eigenvalue weighted by Crippen LogP contribution is -2.56. The highest BCUT2D eigenvalue weighted by atomic mass is 35.5. The number of ketones is 2. The molecule has 3 nitrogen and oxygen atoms in total. The van der Waals surface area contributed by atoms with Gasteiger partial charge >= 0.3 is 0 Å². The van der Waals surface area contributed by atoms with Crippen LogP contribution < -0.4 is 0 Å². The van der Waals surface area contributed by atoms with Gasteiger partial charge in [-0.15, -0.1) is 11.6 Å². The van der Waals surface area contributed by atoms with Gasteiger partial charge in [-0.2, -0.15) is 0 Å². The predicted molar refractivity (Wildman–Crippen MR) is 102 cm³/mol. The van der Waals surface area contributed by atoms with E-state index in [1.165, 1.54) is 5.57 Å². The second kappa shape index (κ2) is 6.04. The van der Waals surface area contributed by atoms with Crippen molar-refractivity contribution < 1.29 is 14.7 Å². The van der Waals surface area contributed by atoms with Crippen LogP contribution in [0.25, 0.3) is 0 Å². The van der Waals surface area contributed by atoms with Gasteiger partial charge in [0.2, 0.25) is 0 Å². The first-order valence-electron chi connectivity index (χ1n) is 9.93. The summed E-state index contributed by atoms with van der Waals surface area (Å²) in [5.41, 5.74) is 0.765. The average Bonchev–Trinajstić information content (AvgIpc) is 2.84. The number of hydrogen-bond donors (Lipinski definition) is 1. The molecule has 4 aliphatic carbocycles. The summed E-state index contributed by atoms with van der Waals surface area (Å²) in [6, 6.07) is 0. The Bertz CT molecular complexity index is 710. The molecule has 0 heterocycles. The molecule has 0 bridgehead atoms. The molecule has 3 saturated carbocycles. The van der Waals surface area contributed by atoms with Crippen LogP contribution in [-0.2, 0) is 9.59 Å². The van der Waals surface area contributed by atoms with Crippen LogP contribution in [0, 0.1) is 40.4 Å². The maximum Gasteiger partial charge on any atom is 0.178 e. The molecule has 0 aromatic heterocycles. The van der Waals surface area contributed by atoms with Gasteiger partial charge in [0.1, 0.15) is 0 Å². The average molecular weight is 377 g/mol. The summed E-state index contributed by atoms with van der Waals surface area (Å²) in [4.78, 5) is 24.5. The highest BCUT2D eigenvalue weighted by Crippen LogP contribution is 2.67. The summed E-state index contributed by atoms with van der Waals surface area (Å²) in [5.74, 6) is 1.49. The summed E-state index contributed by atoms with van der Waals surface area (Å²) < 4.78 is 0. The van der Waals surface area contributed by atoms with Crippen LogP contribution in [0.2, 0.25) is 0 Å². The van der Waals surface area contributed by atoms with E-state index < -0.39 is 6.10 Å². The standard InChI is InChI=1S/C22H29ClO3/c1-12-8-16-15-5-4-13-9-14(24)6-7-21(13,2)20(15)17(25)10-22(16,3)19(12)18(26)11-23/h6-7,9,12,15-17,19-20,25H,4-5,8,10-11H2,1-3H3. The number of alkyl halides is 1. The Balaban J connectivity index is 1.74. The fourth-order valence-corrected chi connectivity index (χ4v) is 7.63. The minimum absolute atomic E-state index is 0.0474. The van der Waals surface area contributed by atoms with Crippen LogP contribution in [0.1, 0.15) is 46.5 Å². The lowest BCUT2D eigenvalue weighted by Gasteiger charge is -2.58. The molecule has 0 radical (unpaired) electrons. The fraction of sp³-hybridized carbons (Fsp3) is 0.727. The Morgan fingerprint density at radius 1 is 1.38 bits per heavy atom. The summed E-state index contributed by atoms with van der Waals surface area (Å²) in [5, 5.41) is 11.3. The number of aliphatic hydroxyl groups excluding tert-OH is 1. The van der Waals surface area contributed by atoms with E-state index in [0.29, 0.717) is 24.2 Å². The number of Topliss-reactive ketones (excluding diaryl/α,β-unsaturated/α-hetero) is 1. The Kier molecular flexibility index (Phi) is 4.28. The zero-order valence-corrected chi connectivity index (χ0v) is 16.6. The van der Waals surface area contributed by atoms with E-state index in [4.69, 9.17) is 11.6 Å². The number of halogens is 1. The van der Waals surface area contributed by atoms with Crippen LogP contribution >= 0.6 is 11.6 Å². The second-order valence-corrected chi connectivity index (χ2v) is 9.86. The Hall–Kier alpha value is -0.930. The first-order valence-corrected chi connectivity index (χ1v) is 10.5. The number of fused-ring (bicyclic) bond motifs is 5. The van der Waals surface area contributed by atoms with Crippen LogP contribution in [0.4, 0.5) is 0 Å². The molecule has 0 aromatic carbocycles. The van der Waals surface area contributed by atoms with Crippen LogP contribution in [0.15, 0.2) is 23.8 Å². The molecule has 0 spiro atoms. The van der Waals surface area contributed by atoms with Crippen molar-refractivity contribution in [1.29, 1.82) is 0 Å². The highest BCUT2D eigenvalue weighted by molar-refractivity contribution is 6.28. The summed E-state index contributed by atoms with van der Waals surface area (Å²) >= 11 is 5.93. The van der Waals surface area contributed by atoms with Crippen LogP contribution in [0.5, 0.6) is 0 Å². The van der Waals surface area contributed by atoms with E-state index in [1.807, 2.05) is 6.08 Å². The largest absolute Gasteiger partial charge is 0.393 e. The van der Waals surface area contributed by atoms with Gasteiger partial charge in [0.25, 0.3) is 0 Å². The van der Waals surface area contributed by atoms with E-state index in [0.717, 1.165) is 19.3 Å². The van der Waals surface area contributed by atoms with E-state index >= 15 is 0 Å². The molecular weight excluding hydrogens is 348 g/mol. The zero-order valence-electron chi connectivity index (χ0n) is 15.9. The Morgan fingerprint density at radius 3 is 2.81 bits per heavy atom. The SMILES string of the molecule is CC1CC2C3CCC4=CC(=O)C=CC4(C)C3C(O)CC2(C)C1C(=O)CCl. The van der Waals surface area contributed by atoms with Crippen molar-refractivity contribution >= 4 is 23.2 Å². The molecule has 0 aromatic rings. The molecule has 4 rings (SSSR count). The Labute approximate surface area is 160 Å². The van der Waals surface area contributed by atoms with Crippen LogP contribution in [-0.4, -0.2) is 28.7 Å². The number of aliphatic hydroxyl groups is 1. The molecular formula is C22H29ClO3. The Morgan fingerprint density at radius 2 is 2.12 bits per heavy atom. The van der Waals surface area contributed by atoms with Gasteiger partial charge in [0, 0.05) is 17.3 Å². The van der Waals surface area contributed by atoms with Gasteiger partial charge < -0.3 is 5.11 Å². The van der Waals surface area contributed by atoms with Crippen molar-refractivity contribution in [2.24, 2.45) is 40.4 Å². The quantitative estimate of drug-likeness (QED) is 0.743. The highest BCUT2D eigenvalue weighted by Gasteiger charge is 2.64. The minimum atomic E-state index is -0.455. The molecule has 0 aliphatic heterocycles. The molecule has 8 atom stereocenters. The lowest BCUT2D eigenvalue weighted by molar-refractivity contribution is -0.138. The fourth-order valence-electron chi connectivity index (χ4n) is 7.46. The first-order chi connectivity index (χ1) is 12.2. The molecule has 26 heavy (non-hydrogen) atoms. The number of carbonyl (C=O) groups excluding carboxylic acids is 2. The van der Waals surface area contributed by atoms with Gasteiger partial charge in [-0.25, -0.2) is 0 Å². The van der Waals surface area contributed by atoms with E-state index in [-0.39, 0.29) is 40.1 Å². The van der Waals surface area contributed by atoms with Crippen molar-refractivity contribution in [2.45, 2.75) is 52.6 Å². The van der Waals surface area contributed by atoms with Crippen molar-refractivity contribution in [1.82, 2.24) is 0 Å². The third kappa shape index (κ3) is 2.36. The van der Waals surface area contributed by atoms with Gasteiger partial charge in [0.15, 0.2) is 11.6 Å². The van der Waals surface area contributed by atoms with Gasteiger partial charge in [-0.1, -0.05) is 32.4 Å². The molecule has 142 valence electrons. The van der Waals surface area contributed by atoms with E-state index in [1.54, 1.807) is 12.2 Å². The number of allylic oxidation sites excluding steroid dienone is 4. The number of hydrogen-bond acceptors (Lipinski definition) is 3. The summed E-state index contributed by atoms with van der Waals surface area (Å²) in [6.07, 6.45) is 8.64. The minimum Gasteiger partial charge on any atom is -0.393 e. The zero-order chi connectivity index (χ0) is 18.9. The first kappa shape index (κ1) is 18.4. The third-order valence-electron chi connectivity index (χ3n) is 8.31. The molecule has 3 fully saturated rings. The predicted octanol–water partition coefficient (Wildman–Crippen LogP) is 3.94. The summed E-state index contributed by atoms with van der Waals surface area (Å²) in [7, 11) is 0. The van der Waals surface area contributed by atoms with E-state index in [2.05, 4.69) is 20.8 Å². The third-order valence-corrected chi connectivity index (χ3v) is 8.58. The molecule has 4 aliphatic rings. The number of rotatable bonds is 2. The molecule has 0 amide bonds. The molecule has 4 heteroatoms. The van der Waals surface area contributed by atoms with Crippen molar-refractivity contribution in [3.63, 3.8) is 0 Å². The maximum atomic E-state index is 12.6. The van der Waals surface area contributed by atoms with Gasteiger partial charge in [-0.05, 0) is 61.0 Å². The van der Waals surface area contributed by atoms with Crippen LogP contribution in [0.3, 0.4) is 0 Å². The second-order valence-electron chi connectivity index (χ2n) is 9.59. The van der Waals surface area contributed by atoms with E-state index in [9.17, 15) is 14.7 Å². The number of carbonyl (C=O) groups is 2. The van der Waals surface area contributed by atoms with Gasteiger partial charge in [0.05, 0.1) is 12.0 Å². The lowest BCUT2D eigenvalue weighted by atomic mass is 9.46. The monoisotopic (exact) mass is 376 g/mol. The maximum absolute atomic E-state index is 12.6. The van der Waals surface area contributed by atoms with Crippen molar-refractivity contribution in [3.8, 4) is 0 Å². The normalized spacial score (nSPS) is 49.9. The van der Waals surface area contributed by atoms with Gasteiger partial charge in [-0.3, -0.25) is 9.59 Å². The topological polar surface area (TPSA) is 54.4 Å². The van der Waals surface area contributed by atoms with Crippen molar-refractivity contribution in [3.05, 3.63) is 23.8 Å². The molecule has 0 saturated heterocycles. The molecule has 8 unspecified atom stereocenters. The summed E-state index contributed by atoms with van der Waals surface area (Å²) in [6.45, 7) is 6.57. The molecule has 1 N–H and O–H groups in total.